The molecule has 0 aliphatic carbocycles. The van der Waals surface area contributed by atoms with Gasteiger partial charge in [0.05, 0.1) is 0 Å². The Kier molecular flexibility index (Phi) is 6.77. The van der Waals surface area contributed by atoms with Crippen molar-refractivity contribution in [1.29, 1.82) is 0 Å². The van der Waals surface area contributed by atoms with Crippen molar-refractivity contribution in [3.05, 3.63) is 57.8 Å². The lowest BCUT2D eigenvalue weighted by atomic mass is 10.1. The summed E-state index contributed by atoms with van der Waals surface area (Å²) < 4.78 is 0. The average molecular weight is 331 g/mol. The molecule has 2 rings (SSSR count). The van der Waals surface area contributed by atoms with Crippen LogP contribution in [0, 0.1) is 0 Å². The van der Waals surface area contributed by atoms with E-state index in [2.05, 4.69) is 40.9 Å². The number of primary amides is 1. The number of rotatable bonds is 9. The van der Waals surface area contributed by atoms with E-state index < -0.39 is 0 Å². The number of nitrogens with zero attached hydrogens (tertiary/aromatic N) is 1. The molecule has 1 aromatic heterocycles. The van der Waals surface area contributed by atoms with Crippen LogP contribution in [0.3, 0.4) is 0 Å². The van der Waals surface area contributed by atoms with Crippen molar-refractivity contribution >= 4 is 17.2 Å². The fourth-order valence-electron chi connectivity index (χ4n) is 2.73. The number of hydrogen-bond donors (Lipinski definition) is 2. The number of likely N-dealkylation sites (N-methyl/N-ethyl adjacent to an activating group) is 1. The van der Waals surface area contributed by atoms with Gasteiger partial charge in [-0.15, -0.1) is 0 Å². The summed E-state index contributed by atoms with van der Waals surface area (Å²) in [6.07, 6.45) is 0. The van der Waals surface area contributed by atoms with Gasteiger partial charge in [0, 0.05) is 24.7 Å². The molecule has 0 aliphatic heterocycles. The number of hydrogen-bond acceptors (Lipinski definition) is 4. The second-order valence-corrected chi connectivity index (χ2v) is 6.27. The third-order valence-corrected chi connectivity index (χ3v) is 4.79. The molecule has 2 aromatic rings. The number of benzene rings is 1. The number of nitrogens with two attached hydrogens (primary N) is 1. The summed E-state index contributed by atoms with van der Waals surface area (Å²) >= 11 is 1.74. The summed E-state index contributed by atoms with van der Waals surface area (Å²) in [4.78, 5) is 13.6. The molecule has 0 radical (unpaired) electrons. The number of nitrogens with one attached hydrogen (secondary N) is 1. The molecule has 1 amide bonds. The van der Waals surface area contributed by atoms with E-state index in [1.165, 1.54) is 5.56 Å². The predicted molar refractivity (Wildman–Crippen MR) is 96.6 cm³/mol. The molecule has 3 N–H and O–H groups in total. The fourth-order valence-corrected chi connectivity index (χ4v) is 3.43. The zero-order valence-electron chi connectivity index (χ0n) is 13.8. The largest absolute Gasteiger partial charge is 0.366 e. The molecular weight excluding hydrogens is 306 g/mol. The molecule has 4 nitrogen and oxygen atoms in total. The molecule has 124 valence electrons. The van der Waals surface area contributed by atoms with Gasteiger partial charge in [0.2, 0.25) is 5.91 Å². The highest BCUT2D eigenvalue weighted by Gasteiger charge is 2.17. The molecule has 1 heterocycles. The van der Waals surface area contributed by atoms with Crippen LogP contribution in [-0.4, -0.2) is 30.4 Å². The van der Waals surface area contributed by atoms with Gasteiger partial charge in [-0.2, -0.15) is 11.3 Å². The summed E-state index contributed by atoms with van der Waals surface area (Å²) in [5.41, 5.74) is 8.33. The quantitative estimate of drug-likeness (QED) is 0.742. The van der Waals surface area contributed by atoms with Gasteiger partial charge in [-0.1, -0.05) is 26.0 Å². The van der Waals surface area contributed by atoms with Crippen LogP contribution in [0.25, 0.3) is 0 Å². The van der Waals surface area contributed by atoms with E-state index in [1.807, 2.05) is 12.1 Å². The van der Waals surface area contributed by atoms with Gasteiger partial charge in [-0.25, -0.2) is 0 Å². The first kappa shape index (κ1) is 17.7. The van der Waals surface area contributed by atoms with Crippen LogP contribution in [0.4, 0.5) is 0 Å². The third kappa shape index (κ3) is 4.89. The van der Waals surface area contributed by atoms with Gasteiger partial charge in [-0.3, -0.25) is 9.69 Å². The minimum atomic E-state index is -0.386. The smallest absolute Gasteiger partial charge is 0.248 e. The number of carbonyl (C=O) groups is 1. The van der Waals surface area contributed by atoms with Crippen molar-refractivity contribution in [2.75, 3.05) is 19.6 Å². The molecule has 0 unspecified atom stereocenters. The molecule has 0 saturated heterocycles. The highest BCUT2D eigenvalue weighted by Crippen LogP contribution is 2.22. The Bertz CT molecular complexity index is 591. The first-order chi connectivity index (χ1) is 11.2. The van der Waals surface area contributed by atoms with Crippen molar-refractivity contribution in [1.82, 2.24) is 10.2 Å². The van der Waals surface area contributed by atoms with E-state index in [0.717, 1.165) is 31.7 Å². The maximum absolute atomic E-state index is 11.1. The van der Waals surface area contributed by atoms with E-state index in [-0.39, 0.29) is 5.91 Å². The maximum atomic E-state index is 11.1. The SMILES string of the molecule is CCN(CC)[C@H](CNCc1ccc(C(N)=O)cc1)c1ccsc1. The summed E-state index contributed by atoms with van der Waals surface area (Å²) in [5.74, 6) is -0.386. The maximum Gasteiger partial charge on any atom is 0.248 e. The normalized spacial score (nSPS) is 12.5. The van der Waals surface area contributed by atoms with Gasteiger partial charge in [0.25, 0.3) is 0 Å². The van der Waals surface area contributed by atoms with Crippen LogP contribution < -0.4 is 11.1 Å². The zero-order valence-corrected chi connectivity index (χ0v) is 14.6. The molecule has 1 aromatic carbocycles. The number of thiophene rings is 1. The van der Waals surface area contributed by atoms with Crippen molar-refractivity contribution in [3.63, 3.8) is 0 Å². The lowest BCUT2D eigenvalue weighted by molar-refractivity contribution is 0.100. The zero-order chi connectivity index (χ0) is 16.7. The molecule has 23 heavy (non-hydrogen) atoms. The first-order valence-corrected chi connectivity index (χ1v) is 8.95. The minimum absolute atomic E-state index is 0.386. The molecule has 0 fully saturated rings. The minimum Gasteiger partial charge on any atom is -0.366 e. The van der Waals surface area contributed by atoms with Crippen molar-refractivity contribution < 1.29 is 4.79 Å². The molecular formula is C18H25N3OS. The van der Waals surface area contributed by atoms with Crippen LogP contribution >= 0.6 is 11.3 Å². The van der Waals surface area contributed by atoms with E-state index in [0.29, 0.717) is 11.6 Å². The van der Waals surface area contributed by atoms with Crippen LogP contribution in [0.15, 0.2) is 41.1 Å². The van der Waals surface area contributed by atoms with Gasteiger partial charge >= 0.3 is 0 Å². The molecule has 5 heteroatoms. The van der Waals surface area contributed by atoms with Gasteiger partial charge in [0.1, 0.15) is 0 Å². The van der Waals surface area contributed by atoms with Crippen LogP contribution in [0.1, 0.15) is 41.4 Å². The first-order valence-electron chi connectivity index (χ1n) is 8.01. The van der Waals surface area contributed by atoms with Crippen molar-refractivity contribution in [2.24, 2.45) is 5.73 Å². The Balaban J connectivity index is 1.94. The molecule has 0 bridgehead atoms. The van der Waals surface area contributed by atoms with Gasteiger partial charge in [0.15, 0.2) is 0 Å². The van der Waals surface area contributed by atoms with E-state index in [9.17, 15) is 4.79 Å². The van der Waals surface area contributed by atoms with Crippen molar-refractivity contribution in [2.45, 2.75) is 26.4 Å². The van der Waals surface area contributed by atoms with Gasteiger partial charge < -0.3 is 11.1 Å². The highest BCUT2D eigenvalue weighted by molar-refractivity contribution is 7.07. The summed E-state index contributed by atoms with van der Waals surface area (Å²) in [5, 5.41) is 7.90. The molecule has 0 spiro atoms. The van der Waals surface area contributed by atoms with Crippen LogP contribution in [-0.2, 0) is 6.54 Å². The van der Waals surface area contributed by atoms with Crippen molar-refractivity contribution in [3.8, 4) is 0 Å². The molecule has 0 aliphatic rings. The van der Waals surface area contributed by atoms with Crippen LogP contribution in [0.2, 0.25) is 0 Å². The predicted octanol–water partition coefficient (Wildman–Crippen LogP) is 3.02. The van der Waals surface area contributed by atoms with E-state index >= 15 is 0 Å². The second-order valence-electron chi connectivity index (χ2n) is 5.49. The lowest BCUT2D eigenvalue weighted by Crippen LogP contribution is -2.35. The lowest BCUT2D eigenvalue weighted by Gasteiger charge is -2.29. The summed E-state index contributed by atoms with van der Waals surface area (Å²) in [6, 6.07) is 10.0. The standard InChI is InChI=1S/C18H25N3OS/c1-3-21(4-2)17(16-9-10-23-13-16)12-20-11-14-5-7-15(8-6-14)18(19)22/h5-10,13,17,20H,3-4,11-12H2,1-2H3,(H2,19,22)/t17-/m1/s1. The summed E-state index contributed by atoms with van der Waals surface area (Å²) in [7, 11) is 0. The Morgan fingerprint density at radius 3 is 2.43 bits per heavy atom. The van der Waals surface area contributed by atoms with Crippen LogP contribution in [0.5, 0.6) is 0 Å². The molecule has 0 saturated carbocycles. The van der Waals surface area contributed by atoms with Gasteiger partial charge in [-0.05, 0) is 53.2 Å². The third-order valence-electron chi connectivity index (χ3n) is 4.09. The average Bonchev–Trinajstić information content (AvgIpc) is 3.09. The number of amides is 1. The Morgan fingerprint density at radius 1 is 1.22 bits per heavy atom. The van der Waals surface area contributed by atoms with E-state index in [4.69, 9.17) is 5.73 Å². The number of carbonyl (C=O) groups excluding carboxylic acids is 1. The fraction of sp³-hybridized carbons (Fsp3) is 0.389. The summed E-state index contributed by atoms with van der Waals surface area (Å²) in [6.45, 7) is 8.14. The Morgan fingerprint density at radius 2 is 1.91 bits per heavy atom. The highest BCUT2D eigenvalue weighted by atomic mass is 32.1. The monoisotopic (exact) mass is 331 g/mol. The second kappa shape index (κ2) is 8.82. The Hall–Kier alpha value is -1.69. The Labute approximate surface area is 142 Å². The molecule has 1 atom stereocenters. The van der Waals surface area contributed by atoms with E-state index in [1.54, 1.807) is 23.5 Å². The topological polar surface area (TPSA) is 58.4 Å².